The number of para-hydroxylation sites is 1. The van der Waals surface area contributed by atoms with E-state index in [9.17, 15) is 4.79 Å². The minimum absolute atomic E-state index is 0.000709. The van der Waals surface area contributed by atoms with Crippen molar-refractivity contribution in [3.63, 3.8) is 0 Å². The van der Waals surface area contributed by atoms with Crippen molar-refractivity contribution in [3.8, 4) is 0 Å². The summed E-state index contributed by atoms with van der Waals surface area (Å²) >= 11 is 0. The Bertz CT molecular complexity index is 610. The Balaban J connectivity index is 1.56. The van der Waals surface area contributed by atoms with Crippen molar-refractivity contribution in [1.29, 1.82) is 0 Å². The van der Waals surface area contributed by atoms with Crippen molar-refractivity contribution < 1.29 is 4.79 Å². The maximum absolute atomic E-state index is 12.3. The molecule has 0 bridgehead atoms. The molecule has 6 heteroatoms. The van der Waals surface area contributed by atoms with Crippen LogP contribution in [0.4, 0.5) is 5.69 Å². The van der Waals surface area contributed by atoms with Crippen LogP contribution >= 0.6 is 0 Å². The van der Waals surface area contributed by atoms with Gasteiger partial charge in [0.15, 0.2) is 0 Å². The van der Waals surface area contributed by atoms with E-state index in [2.05, 4.69) is 33.9 Å². The number of rotatable bonds is 2. The van der Waals surface area contributed by atoms with Gasteiger partial charge in [-0.3, -0.25) is 20.0 Å². The highest BCUT2D eigenvalue weighted by Crippen LogP contribution is 2.25. The van der Waals surface area contributed by atoms with Crippen LogP contribution in [0, 0.1) is 6.92 Å². The zero-order valence-electron chi connectivity index (χ0n) is 12.0. The number of fused-ring (bicyclic) bond motifs is 1. The number of amides is 1. The summed E-state index contributed by atoms with van der Waals surface area (Å²) in [5.41, 5.74) is 6.32. The standard InChI is InChI=1S/C15H19N5O/c1-10-5-2-3-6-12(10)20-9-11-13(18-20)16-15(17-14(11)21)19-7-4-8-19/h2-3,5-6,9,13,15-16,18H,4,7-8H2,1H3,(H,17,21). The van der Waals surface area contributed by atoms with E-state index in [0.29, 0.717) is 0 Å². The van der Waals surface area contributed by atoms with E-state index < -0.39 is 0 Å². The quantitative estimate of drug-likeness (QED) is 0.726. The summed E-state index contributed by atoms with van der Waals surface area (Å²) in [4.78, 5) is 14.5. The lowest BCUT2D eigenvalue weighted by atomic mass is 10.1. The maximum Gasteiger partial charge on any atom is 0.254 e. The van der Waals surface area contributed by atoms with Gasteiger partial charge in [0.05, 0.1) is 11.3 Å². The molecular weight excluding hydrogens is 266 g/mol. The number of hydrazine groups is 1. The van der Waals surface area contributed by atoms with Gasteiger partial charge < -0.3 is 5.32 Å². The van der Waals surface area contributed by atoms with Gasteiger partial charge in [-0.05, 0) is 25.0 Å². The summed E-state index contributed by atoms with van der Waals surface area (Å²) in [6, 6.07) is 8.12. The fourth-order valence-corrected chi connectivity index (χ4v) is 2.95. The third-order valence-corrected chi connectivity index (χ3v) is 4.33. The van der Waals surface area contributed by atoms with Gasteiger partial charge in [-0.1, -0.05) is 18.2 Å². The van der Waals surface area contributed by atoms with Crippen LogP contribution < -0.4 is 21.1 Å². The molecule has 3 heterocycles. The smallest absolute Gasteiger partial charge is 0.254 e. The number of hydrogen-bond donors (Lipinski definition) is 3. The number of anilines is 1. The summed E-state index contributed by atoms with van der Waals surface area (Å²) in [6.07, 6.45) is 2.87. The average molecular weight is 285 g/mol. The second kappa shape index (κ2) is 4.84. The Labute approximate surface area is 123 Å². The molecule has 0 radical (unpaired) electrons. The second-order valence-corrected chi connectivity index (χ2v) is 5.74. The number of hydrogen-bond acceptors (Lipinski definition) is 5. The van der Waals surface area contributed by atoms with Gasteiger partial charge in [0.2, 0.25) is 0 Å². The van der Waals surface area contributed by atoms with Gasteiger partial charge in [0, 0.05) is 19.3 Å². The number of nitrogens with one attached hydrogen (secondary N) is 3. The molecule has 2 saturated heterocycles. The molecule has 3 aliphatic rings. The first kappa shape index (κ1) is 12.8. The molecule has 1 amide bonds. The highest BCUT2D eigenvalue weighted by molar-refractivity contribution is 5.96. The summed E-state index contributed by atoms with van der Waals surface area (Å²) < 4.78 is 0. The largest absolute Gasteiger partial charge is 0.324 e. The third-order valence-electron chi connectivity index (χ3n) is 4.33. The molecule has 2 fully saturated rings. The molecule has 0 spiro atoms. The molecule has 6 nitrogen and oxygen atoms in total. The number of benzene rings is 1. The molecule has 3 N–H and O–H groups in total. The van der Waals surface area contributed by atoms with Crippen LogP contribution in [-0.2, 0) is 4.79 Å². The van der Waals surface area contributed by atoms with E-state index in [4.69, 9.17) is 0 Å². The Morgan fingerprint density at radius 2 is 2.05 bits per heavy atom. The summed E-state index contributed by atoms with van der Waals surface area (Å²) in [5, 5.41) is 8.39. The van der Waals surface area contributed by atoms with Gasteiger partial charge in [-0.25, -0.2) is 5.43 Å². The number of carbonyl (C=O) groups excluding carboxylic acids is 1. The third kappa shape index (κ3) is 2.12. The van der Waals surface area contributed by atoms with Crippen molar-refractivity contribution in [2.45, 2.75) is 25.8 Å². The minimum atomic E-state index is -0.135. The van der Waals surface area contributed by atoms with Gasteiger partial charge in [-0.2, -0.15) is 0 Å². The first-order chi connectivity index (χ1) is 10.2. The van der Waals surface area contributed by atoms with Crippen molar-refractivity contribution in [1.82, 2.24) is 21.0 Å². The zero-order valence-corrected chi connectivity index (χ0v) is 12.0. The highest BCUT2D eigenvalue weighted by atomic mass is 16.2. The van der Waals surface area contributed by atoms with Crippen LogP contribution in [-0.4, -0.2) is 36.4 Å². The molecule has 2 atom stereocenters. The number of nitrogens with zero attached hydrogens (tertiary/aromatic N) is 2. The zero-order chi connectivity index (χ0) is 14.4. The van der Waals surface area contributed by atoms with E-state index in [1.54, 1.807) is 0 Å². The summed E-state index contributed by atoms with van der Waals surface area (Å²) in [5.74, 6) is -0.000709. The van der Waals surface area contributed by atoms with Gasteiger partial charge in [0.25, 0.3) is 5.91 Å². The Hall–Kier alpha value is -1.89. The number of carbonyl (C=O) groups is 1. The van der Waals surface area contributed by atoms with Crippen LogP contribution in [0.3, 0.4) is 0 Å². The normalized spacial score (nSPS) is 28.7. The summed E-state index contributed by atoms with van der Waals surface area (Å²) in [7, 11) is 0. The fourth-order valence-electron chi connectivity index (χ4n) is 2.95. The highest BCUT2D eigenvalue weighted by Gasteiger charge is 2.39. The van der Waals surface area contributed by atoms with E-state index in [-0.39, 0.29) is 18.4 Å². The molecule has 0 aliphatic carbocycles. The lowest BCUT2D eigenvalue weighted by molar-refractivity contribution is -0.123. The van der Waals surface area contributed by atoms with E-state index >= 15 is 0 Å². The lowest BCUT2D eigenvalue weighted by Crippen LogP contribution is -2.69. The van der Waals surface area contributed by atoms with Gasteiger partial charge >= 0.3 is 0 Å². The molecule has 21 heavy (non-hydrogen) atoms. The van der Waals surface area contributed by atoms with E-state index in [0.717, 1.165) is 24.4 Å². The van der Waals surface area contributed by atoms with E-state index in [1.165, 1.54) is 12.0 Å². The van der Waals surface area contributed by atoms with Crippen LogP contribution in [0.1, 0.15) is 12.0 Å². The molecule has 110 valence electrons. The predicted octanol–water partition coefficient (Wildman–Crippen LogP) is 0.238. The first-order valence-electron chi connectivity index (χ1n) is 7.36. The van der Waals surface area contributed by atoms with Crippen LogP contribution in [0.5, 0.6) is 0 Å². The topological polar surface area (TPSA) is 59.6 Å². The minimum Gasteiger partial charge on any atom is -0.324 e. The van der Waals surface area contributed by atoms with Crippen LogP contribution in [0.15, 0.2) is 36.0 Å². The van der Waals surface area contributed by atoms with Crippen molar-refractivity contribution in [3.05, 3.63) is 41.6 Å². The maximum atomic E-state index is 12.3. The molecule has 1 aromatic rings. The second-order valence-electron chi connectivity index (χ2n) is 5.74. The van der Waals surface area contributed by atoms with E-state index in [1.807, 2.05) is 29.4 Å². The molecule has 4 rings (SSSR count). The lowest BCUT2D eigenvalue weighted by Gasteiger charge is -2.42. The van der Waals surface area contributed by atoms with Crippen molar-refractivity contribution in [2.75, 3.05) is 18.1 Å². The number of aryl methyl sites for hydroxylation is 1. The predicted molar refractivity (Wildman–Crippen MR) is 79.9 cm³/mol. The first-order valence-corrected chi connectivity index (χ1v) is 7.36. The summed E-state index contributed by atoms with van der Waals surface area (Å²) in [6.45, 7) is 4.13. The fraction of sp³-hybridized carbons (Fsp3) is 0.400. The molecule has 0 saturated carbocycles. The van der Waals surface area contributed by atoms with Crippen LogP contribution in [0.2, 0.25) is 0 Å². The van der Waals surface area contributed by atoms with Gasteiger partial charge in [0.1, 0.15) is 12.5 Å². The molecule has 0 aromatic heterocycles. The molecule has 2 unspecified atom stereocenters. The van der Waals surface area contributed by atoms with Crippen molar-refractivity contribution >= 4 is 11.6 Å². The molecular formula is C15H19N5O. The Morgan fingerprint density at radius 3 is 2.76 bits per heavy atom. The molecule has 3 aliphatic heterocycles. The number of likely N-dealkylation sites (tertiary alicyclic amines) is 1. The van der Waals surface area contributed by atoms with Crippen LogP contribution in [0.25, 0.3) is 0 Å². The Morgan fingerprint density at radius 1 is 1.24 bits per heavy atom. The molecule has 1 aromatic carbocycles. The monoisotopic (exact) mass is 285 g/mol. The average Bonchev–Trinajstić information content (AvgIpc) is 2.81. The SMILES string of the molecule is Cc1ccccc1N1C=C2C(=O)NC(N3CCC3)NC2N1. The Kier molecular flexibility index (Phi) is 2.95. The van der Waals surface area contributed by atoms with Gasteiger partial charge in [-0.15, -0.1) is 0 Å². The van der Waals surface area contributed by atoms with Crippen molar-refractivity contribution in [2.24, 2.45) is 0 Å².